The molecular formula is C13H14N4OS. The molecule has 3 rings (SSSR count). The number of thiazole rings is 1. The van der Waals surface area contributed by atoms with Gasteiger partial charge in [0.2, 0.25) is 10.9 Å². The lowest BCUT2D eigenvalue weighted by Crippen LogP contribution is -1.95. The van der Waals surface area contributed by atoms with Crippen molar-refractivity contribution >= 4 is 22.2 Å². The molecule has 2 heterocycles. The maximum atomic E-state index is 5.64. The van der Waals surface area contributed by atoms with Gasteiger partial charge in [-0.15, -0.1) is 16.4 Å². The second kappa shape index (κ2) is 4.24. The molecule has 2 aromatic heterocycles. The Morgan fingerprint density at radius 3 is 2.79 bits per heavy atom. The van der Waals surface area contributed by atoms with Crippen LogP contribution in [-0.2, 0) is 0 Å². The number of fused-ring (bicyclic) bond motifs is 1. The Balaban J connectivity index is 2.23. The van der Waals surface area contributed by atoms with Crippen LogP contribution in [0.25, 0.3) is 16.2 Å². The van der Waals surface area contributed by atoms with Crippen LogP contribution in [0.4, 0.5) is 5.95 Å². The van der Waals surface area contributed by atoms with E-state index >= 15 is 0 Å². The molecule has 5 nitrogen and oxygen atoms in total. The minimum Gasteiger partial charge on any atom is -0.496 e. The van der Waals surface area contributed by atoms with Crippen molar-refractivity contribution in [1.82, 2.24) is 14.6 Å². The molecule has 3 aromatic rings. The first-order chi connectivity index (χ1) is 9.10. The molecular weight excluding hydrogens is 260 g/mol. The van der Waals surface area contributed by atoms with Crippen LogP contribution in [-0.4, -0.2) is 21.7 Å². The highest BCUT2D eigenvalue weighted by Crippen LogP contribution is 2.32. The molecule has 0 aliphatic carbocycles. The molecule has 0 amide bonds. The number of nitrogens with zero attached hydrogens (tertiary/aromatic N) is 3. The Hall–Kier alpha value is -2.08. The van der Waals surface area contributed by atoms with Gasteiger partial charge in [-0.1, -0.05) is 0 Å². The van der Waals surface area contributed by atoms with Gasteiger partial charge in [-0.05, 0) is 37.1 Å². The summed E-state index contributed by atoms with van der Waals surface area (Å²) in [6.07, 6.45) is 0. The van der Waals surface area contributed by atoms with Crippen LogP contribution >= 0.6 is 11.3 Å². The van der Waals surface area contributed by atoms with E-state index in [1.165, 1.54) is 11.3 Å². The van der Waals surface area contributed by atoms with Gasteiger partial charge in [0.15, 0.2) is 0 Å². The van der Waals surface area contributed by atoms with Crippen molar-refractivity contribution in [2.75, 3.05) is 12.8 Å². The molecule has 19 heavy (non-hydrogen) atoms. The first kappa shape index (κ1) is 12.0. The predicted molar refractivity (Wildman–Crippen MR) is 76.7 cm³/mol. The monoisotopic (exact) mass is 274 g/mol. The predicted octanol–water partition coefficient (Wildman–Crippen LogP) is 2.67. The molecule has 98 valence electrons. The van der Waals surface area contributed by atoms with E-state index in [9.17, 15) is 0 Å². The summed E-state index contributed by atoms with van der Waals surface area (Å²) < 4.78 is 7.12. The Labute approximate surface area is 114 Å². The molecule has 0 bridgehead atoms. The maximum Gasteiger partial charge on any atom is 0.241 e. The van der Waals surface area contributed by atoms with E-state index in [0.29, 0.717) is 5.95 Å². The van der Waals surface area contributed by atoms with Gasteiger partial charge in [-0.25, -0.2) is 4.52 Å². The third-order valence-corrected chi connectivity index (χ3v) is 3.93. The zero-order valence-corrected chi connectivity index (χ0v) is 11.8. The average Bonchev–Trinajstić information content (AvgIpc) is 2.90. The average molecular weight is 274 g/mol. The first-order valence-electron chi connectivity index (χ1n) is 5.85. The lowest BCUT2D eigenvalue weighted by molar-refractivity contribution is 0.411. The van der Waals surface area contributed by atoms with Gasteiger partial charge < -0.3 is 10.5 Å². The fourth-order valence-corrected chi connectivity index (χ4v) is 3.00. The van der Waals surface area contributed by atoms with Crippen LogP contribution in [0.2, 0.25) is 0 Å². The number of benzene rings is 1. The van der Waals surface area contributed by atoms with Crippen LogP contribution in [0.15, 0.2) is 17.5 Å². The number of aryl methyl sites for hydroxylation is 2. The van der Waals surface area contributed by atoms with Gasteiger partial charge >= 0.3 is 0 Å². The summed E-state index contributed by atoms with van der Waals surface area (Å²) in [6.45, 7) is 4.09. The minimum absolute atomic E-state index is 0.302. The largest absolute Gasteiger partial charge is 0.496 e. The van der Waals surface area contributed by atoms with E-state index in [0.717, 1.165) is 33.1 Å². The normalized spacial score (nSPS) is 11.1. The lowest BCUT2D eigenvalue weighted by Gasteiger charge is -2.10. The van der Waals surface area contributed by atoms with Crippen molar-refractivity contribution in [3.05, 3.63) is 28.6 Å². The standard InChI is InChI=1S/C13H14N4OS/c1-7-5-11(18-3)8(2)4-9(7)10-6-19-13-15-12(14)16-17(10)13/h4-6H,1-3H3,(H2,14,16). The highest BCUT2D eigenvalue weighted by atomic mass is 32.1. The molecule has 0 saturated heterocycles. The van der Waals surface area contributed by atoms with Gasteiger partial charge in [-0.2, -0.15) is 4.98 Å². The van der Waals surface area contributed by atoms with Crippen molar-refractivity contribution in [3.63, 3.8) is 0 Å². The number of rotatable bonds is 2. The second-order valence-electron chi connectivity index (χ2n) is 4.42. The summed E-state index contributed by atoms with van der Waals surface area (Å²) in [7, 11) is 1.68. The topological polar surface area (TPSA) is 65.4 Å². The Bertz CT molecular complexity index is 759. The fraction of sp³-hybridized carbons (Fsp3) is 0.231. The maximum absolute atomic E-state index is 5.64. The second-order valence-corrected chi connectivity index (χ2v) is 5.26. The molecule has 0 aliphatic heterocycles. The van der Waals surface area contributed by atoms with Gasteiger partial charge in [0.05, 0.1) is 12.8 Å². The van der Waals surface area contributed by atoms with E-state index in [2.05, 4.69) is 23.1 Å². The first-order valence-corrected chi connectivity index (χ1v) is 6.73. The molecule has 0 aliphatic rings. The number of nitrogen functional groups attached to an aromatic ring is 1. The summed E-state index contributed by atoms with van der Waals surface area (Å²) in [4.78, 5) is 4.97. The number of hydrogen-bond acceptors (Lipinski definition) is 5. The number of nitrogens with two attached hydrogens (primary N) is 1. The van der Waals surface area contributed by atoms with Crippen molar-refractivity contribution in [3.8, 4) is 17.0 Å². The van der Waals surface area contributed by atoms with Crippen molar-refractivity contribution in [2.45, 2.75) is 13.8 Å². The molecule has 1 aromatic carbocycles. The molecule has 0 atom stereocenters. The molecule has 0 spiro atoms. The summed E-state index contributed by atoms with van der Waals surface area (Å²) in [5.41, 5.74) is 9.99. The van der Waals surface area contributed by atoms with E-state index in [-0.39, 0.29) is 0 Å². The molecule has 2 N–H and O–H groups in total. The SMILES string of the molecule is COc1cc(C)c(-c2csc3nc(N)nn23)cc1C. The van der Waals surface area contributed by atoms with Crippen LogP contribution in [0.5, 0.6) is 5.75 Å². The fourth-order valence-electron chi connectivity index (χ4n) is 2.17. The van der Waals surface area contributed by atoms with Crippen LogP contribution in [0.3, 0.4) is 0 Å². The van der Waals surface area contributed by atoms with Gasteiger partial charge in [0.1, 0.15) is 5.75 Å². The van der Waals surface area contributed by atoms with E-state index in [1.807, 2.05) is 18.4 Å². The molecule has 0 radical (unpaired) electrons. The summed E-state index contributed by atoms with van der Waals surface area (Å²) in [5, 5.41) is 6.27. The highest BCUT2D eigenvalue weighted by molar-refractivity contribution is 7.15. The summed E-state index contributed by atoms with van der Waals surface area (Å²) >= 11 is 1.53. The summed E-state index contributed by atoms with van der Waals surface area (Å²) in [6, 6.07) is 4.14. The number of aromatic nitrogens is 3. The summed E-state index contributed by atoms with van der Waals surface area (Å²) in [5.74, 6) is 1.20. The van der Waals surface area contributed by atoms with Gasteiger partial charge in [0.25, 0.3) is 0 Å². The molecule has 0 saturated carbocycles. The van der Waals surface area contributed by atoms with Crippen molar-refractivity contribution in [1.29, 1.82) is 0 Å². The highest BCUT2D eigenvalue weighted by Gasteiger charge is 2.13. The van der Waals surface area contributed by atoms with Crippen LogP contribution in [0, 0.1) is 13.8 Å². The number of methoxy groups -OCH3 is 1. The molecule has 0 unspecified atom stereocenters. The van der Waals surface area contributed by atoms with E-state index < -0.39 is 0 Å². The number of anilines is 1. The van der Waals surface area contributed by atoms with Crippen LogP contribution < -0.4 is 10.5 Å². The quantitative estimate of drug-likeness (QED) is 0.780. The Morgan fingerprint density at radius 2 is 2.05 bits per heavy atom. The van der Waals surface area contributed by atoms with Crippen molar-refractivity contribution in [2.24, 2.45) is 0 Å². The van der Waals surface area contributed by atoms with E-state index in [1.54, 1.807) is 11.6 Å². The van der Waals surface area contributed by atoms with Gasteiger partial charge in [0, 0.05) is 10.9 Å². The zero-order valence-electron chi connectivity index (χ0n) is 11.0. The Kier molecular flexibility index (Phi) is 2.67. The lowest BCUT2D eigenvalue weighted by atomic mass is 10.0. The van der Waals surface area contributed by atoms with Crippen LogP contribution in [0.1, 0.15) is 11.1 Å². The van der Waals surface area contributed by atoms with Crippen molar-refractivity contribution < 1.29 is 4.74 Å². The minimum atomic E-state index is 0.302. The number of hydrogen-bond donors (Lipinski definition) is 1. The number of ether oxygens (including phenoxy) is 1. The third kappa shape index (κ3) is 1.84. The zero-order chi connectivity index (χ0) is 13.6. The van der Waals surface area contributed by atoms with E-state index in [4.69, 9.17) is 10.5 Å². The molecule has 0 fully saturated rings. The third-order valence-electron chi connectivity index (χ3n) is 3.12. The smallest absolute Gasteiger partial charge is 0.241 e. The molecule has 6 heteroatoms. The Morgan fingerprint density at radius 1 is 1.26 bits per heavy atom. The van der Waals surface area contributed by atoms with Gasteiger partial charge in [-0.3, -0.25) is 0 Å².